The van der Waals surface area contributed by atoms with Crippen molar-refractivity contribution in [3.05, 3.63) is 53.8 Å². The highest BCUT2D eigenvalue weighted by Crippen LogP contribution is 2.42. The molecule has 0 N–H and O–H groups in total. The van der Waals surface area contributed by atoms with Gasteiger partial charge in [-0.15, -0.1) is 0 Å². The summed E-state index contributed by atoms with van der Waals surface area (Å²) in [7, 11) is 5.92. The van der Waals surface area contributed by atoms with Crippen molar-refractivity contribution >= 4 is 5.57 Å². The third-order valence-corrected chi connectivity index (χ3v) is 4.19. The summed E-state index contributed by atoms with van der Waals surface area (Å²) >= 11 is 0. The number of methoxy groups -OCH3 is 1. The van der Waals surface area contributed by atoms with Crippen molar-refractivity contribution in [2.24, 2.45) is 0 Å². The zero-order valence-corrected chi connectivity index (χ0v) is 13.6. The predicted octanol–water partition coefficient (Wildman–Crippen LogP) is 3.34. The van der Waals surface area contributed by atoms with Gasteiger partial charge in [0.1, 0.15) is 5.76 Å². The van der Waals surface area contributed by atoms with Gasteiger partial charge in [0.15, 0.2) is 0 Å². The highest BCUT2D eigenvalue weighted by atomic mass is 16.5. The Morgan fingerprint density at radius 1 is 1.19 bits per heavy atom. The highest BCUT2D eigenvalue weighted by Gasteiger charge is 2.44. The molecule has 21 heavy (non-hydrogen) atoms. The minimum atomic E-state index is -0.319. The van der Waals surface area contributed by atoms with Crippen LogP contribution in [-0.4, -0.2) is 44.4 Å². The van der Waals surface area contributed by atoms with Gasteiger partial charge in [-0.25, -0.2) is 0 Å². The average molecular weight is 287 g/mol. The van der Waals surface area contributed by atoms with Crippen molar-refractivity contribution in [2.75, 3.05) is 27.8 Å². The van der Waals surface area contributed by atoms with E-state index in [1.807, 2.05) is 13.0 Å². The maximum atomic E-state index is 5.76. The lowest BCUT2D eigenvalue weighted by atomic mass is 9.82. The molecule has 0 fully saturated rings. The molecular formula is C18H25NO2. The fraction of sp³-hybridized carbons (Fsp3) is 0.444. The molecule has 0 amide bonds. The summed E-state index contributed by atoms with van der Waals surface area (Å²) in [6.07, 6.45) is 4.32. The van der Waals surface area contributed by atoms with Crippen LogP contribution in [0.4, 0.5) is 0 Å². The number of hydrogen-bond donors (Lipinski definition) is 0. The van der Waals surface area contributed by atoms with Crippen LogP contribution in [0.2, 0.25) is 0 Å². The van der Waals surface area contributed by atoms with Crippen LogP contribution in [0.25, 0.3) is 5.57 Å². The zero-order valence-electron chi connectivity index (χ0n) is 13.6. The van der Waals surface area contributed by atoms with E-state index in [1.54, 1.807) is 7.11 Å². The predicted molar refractivity (Wildman–Crippen MR) is 87.0 cm³/mol. The molecule has 3 nitrogen and oxygen atoms in total. The average Bonchev–Trinajstić information content (AvgIpc) is 2.88. The molecule has 1 aliphatic carbocycles. The molecular weight excluding hydrogens is 262 g/mol. The van der Waals surface area contributed by atoms with Gasteiger partial charge >= 0.3 is 0 Å². The summed E-state index contributed by atoms with van der Waals surface area (Å²) < 4.78 is 11.5. The summed E-state index contributed by atoms with van der Waals surface area (Å²) in [4.78, 5) is 2.20. The first-order valence-electron chi connectivity index (χ1n) is 7.39. The van der Waals surface area contributed by atoms with E-state index in [1.165, 1.54) is 11.1 Å². The van der Waals surface area contributed by atoms with Gasteiger partial charge in [-0.3, -0.25) is 4.90 Å². The van der Waals surface area contributed by atoms with Crippen LogP contribution in [-0.2, 0) is 9.47 Å². The zero-order chi connectivity index (χ0) is 15.5. The maximum Gasteiger partial charge on any atom is 0.117 e. The molecule has 0 radical (unpaired) electrons. The van der Waals surface area contributed by atoms with Gasteiger partial charge in [0.2, 0.25) is 0 Å². The first-order valence-corrected chi connectivity index (χ1v) is 7.39. The molecule has 0 saturated carbocycles. The number of hydrogen-bond acceptors (Lipinski definition) is 3. The van der Waals surface area contributed by atoms with Crippen molar-refractivity contribution in [3.8, 4) is 0 Å². The number of nitrogens with zero attached hydrogens (tertiary/aromatic N) is 1. The quantitative estimate of drug-likeness (QED) is 0.801. The molecule has 0 aromatic heterocycles. The van der Waals surface area contributed by atoms with Gasteiger partial charge in [-0.2, -0.15) is 0 Å². The van der Waals surface area contributed by atoms with Crippen molar-refractivity contribution in [1.29, 1.82) is 0 Å². The molecule has 0 spiro atoms. The van der Waals surface area contributed by atoms with Crippen LogP contribution >= 0.6 is 0 Å². The second kappa shape index (κ2) is 6.46. The van der Waals surface area contributed by atoms with Crippen molar-refractivity contribution in [2.45, 2.75) is 25.5 Å². The molecule has 1 aromatic rings. The summed E-state index contributed by atoms with van der Waals surface area (Å²) in [5, 5.41) is 0. The molecule has 0 saturated heterocycles. The lowest BCUT2D eigenvalue weighted by molar-refractivity contribution is 0.0334. The van der Waals surface area contributed by atoms with E-state index in [0.717, 1.165) is 5.76 Å². The van der Waals surface area contributed by atoms with Gasteiger partial charge in [-0.05, 0) is 51.2 Å². The Kier molecular flexibility index (Phi) is 4.86. The second-order valence-electron chi connectivity index (χ2n) is 5.50. The van der Waals surface area contributed by atoms with E-state index in [9.17, 15) is 0 Å². The van der Waals surface area contributed by atoms with Gasteiger partial charge in [0.05, 0.1) is 18.2 Å². The molecule has 2 unspecified atom stereocenters. The van der Waals surface area contributed by atoms with Crippen LogP contribution in [0.1, 0.15) is 19.4 Å². The van der Waals surface area contributed by atoms with Crippen molar-refractivity contribution in [1.82, 2.24) is 4.90 Å². The van der Waals surface area contributed by atoms with Crippen molar-refractivity contribution < 1.29 is 9.47 Å². The van der Waals surface area contributed by atoms with E-state index in [4.69, 9.17) is 9.47 Å². The Bertz CT molecular complexity index is 533. The highest BCUT2D eigenvalue weighted by molar-refractivity contribution is 5.81. The van der Waals surface area contributed by atoms with E-state index in [0.29, 0.717) is 6.61 Å². The molecule has 2 rings (SSSR count). The van der Waals surface area contributed by atoms with Gasteiger partial charge in [0, 0.05) is 7.11 Å². The molecule has 0 heterocycles. The van der Waals surface area contributed by atoms with E-state index in [-0.39, 0.29) is 11.6 Å². The second-order valence-corrected chi connectivity index (χ2v) is 5.50. The summed E-state index contributed by atoms with van der Waals surface area (Å²) in [5.74, 6) is 0.911. The first kappa shape index (κ1) is 15.8. The monoisotopic (exact) mass is 287 g/mol. The Morgan fingerprint density at radius 2 is 1.86 bits per heavy atom. The first-order chi connectivity index (χ1) is 10.1. The smallest absolute Gasteiger partial charge is 0.117 e. The third kappa shape index (κ3) is 2.76. The fourth-order valence-corrected chi connectivity index (χ4v) is 3.03. The Labute approximate surface area is 127 Å². The van der Waals surface area contributed by atoms with E-state index < -0.39 is 0 Å². The number of benzene rings is 1. The van der Waals surface area contributed by atoms with Gasteiger partial charge < -0.3 is 9.47 Å². The van der Waals surface area contributed by atoms with Crippen LogP contribution in [0, 0.1) is 0 Å². The van der Waals surface area contributed by atoms with Gasteiger partial charge in [-0.1, -0.05) is 30.3 Å². The van der Waals surface area contributed by atoms with Crippen molar-refractivity contribution in [3.63, 3.8) is 0 Å². The molecule has 0 bridgehead atoms. The third-order valence-electron chi connectivity index (χ3n) is 4.19. The summed E-state index contributed by atoms with van der Waals surface area (Å²) in [6, 6.07) is 10.4. The summed E-state index contributed by atoms with van der Waals surface area (Å²) in [6.45, 7) is 4.77. The molecule has 1 aromatic carbocycles. The SMILES string of the molecule is CCOC1=CC(C(C)OC)(N(C)C)C(c2ccccc2)=C1. The topological polar surface area (TPSA) is 21.7 Å². The Morgan fingerprint density at radius 3 is 2.38 bits per heavy atom. The molecule has 1 aliphatic rings. The van der Waals surface area contributed by atoms with Crippen LogP contribution in [0.15, 0.2) is 48.2 Å². The largest absolute Gasteiger partial charge is 0.494 e. The van der Waals surface area contributed by atoms with Crippen LogP contribution in [0.3, 0.4) is 0 Å². The number of ether oxygens (including phenoxy) is 2. The van der Waals surface area contributed by atoms with Crippen LogP contribution < -0.4 is 0 Å². The van der Waals surface area contributed by atoms with Crippen LogP contribution in [0.5, 0.6) is 0 Å². The lowest BCUT2D eigenvalue weighted by Crippen LogP contribution is -2.51. The molecule has 3 heteroatoms. The standard InChI is InChI=1S/C18H25NO2/c1-6-21-16-12-17(15-10-8-7-9-11-15)18(13-16,19(3)4)14(2)20-5/h7-14H,6H2,1-5H3. The number of rotatable bonds is 6. The molecule has 0 aliphatic heterocycles. The van der Waals surface area contributed by atoms with Gasteiger partial charge in [0.25, 0.3) is 0 Å². The number of likely N-dealkylation sites (N-methyl/N-ethyl adjacent to an activating group) is 1. The molecule has 2 atom stereocenters. The molecule has 114 valence electrons. The maximum absolute atomic E-state index is 5.76. The lowest BCUT2D eigenvalue weighted by Gasteiger charge is -2.41. The Hall–Kier alpha value is -1.58. The van der Waals surface area contributed by atoms with E-state index in [2.05, 4.69) is 62.3 Å². The number of allylic oxidation sites excluding steroid dienone is 1. The minimum Gasteiger partial charge on any atom is -0.494 e. The minimum absolute atomic E-state index is 0.0110. The fourth-order valence-electron chi connectivity index (χ4n) is 3.03. The normalized spacial score (nSPS) is 23.0. The van der Waals surface area contributed by atoms with E-state index >= 15 is 0 Å². The Balaban J connectivity index is 2.56. The summed E-state index contributed by atoms with van der Waals surface area (Å²) in [5.41, 5.74) is 2.09.